The molecule has 3 amide bonds. The minimum atomic E-state index is -0.898. The molecule has 2 atom stereocenters. The summed E-state index contributed by atoms with van der Waals surface area (Å²) < 4.78 is 12.1. The molecule has 1 saturated heterocycles. The van der Waals surface area contributed by atoms with Crippen molar-refractivity contribution in [2.24, 2.45) is 11.7 Å². The van der Waals surface area contributed by atoms with E-state index in [-0.39, 0.29) is 18.2 Å². The molecule has 0 unspecified atom stereocenters. The summed E-state index contributed by atoms with van der Waals surface area (Å²) in [6, 6.07) is 5.83. The number of rotatable bonds is 8. The summed E-state index contributed by atoms with van der Waals surface area (Å²) in [6.07, 6.45) is 0.232. The molecule has 1 fully saturated rings. The SMILES string of the molecule is CC(=O)N[C@@H](C(=O)N[C@H](Cc1ccc(B2OC(C)(C)C(C)(C)O2)cc1)C(N)=O)C(C)C. The van der Waals surface area contributed by atoms with Crippen LogP contribution in [-0.4, -0.2) is 48.1 Å². The molecule has 31 heavy (non-hydrogen) atoms. The third-order valence-electron chi connectivity index (χ3n) is 5.91. The zero-order valence-corrected chi connectivity index (χ0v) is 19.4. The number of carbonyl (C=O) groups is 3. The molecular formula is C22H34BN3O5. The first kappa shape index (κ1) is 24.9. The Morgan fingerprint density at radius 2 is 1.52 bits per heavy atom. The fourth-order valence-corrected chi connectivity index (χ4v) is 3.26. The summed E-state index contributed by atoms with van der Waals surface area (Å²) in [5, 5.41) is 5.27. The van der Waals surface area contributed by atoms with Crippen molar-refractivity contribution in [1.29, 1.82) is 0 Å². The molecular weight excluding hydrogens is 397 g/mol. The average molecular weight is 431 g/mol. The molecule has 2 rings (SSSR count). The van der Waals surface area contributed by atoms with Crippen LogP contribution in [0.3, 0.4) is 0 Å². The van der Waals surface area contributed by atoms with Gasteiger partial charge in [0.1, 0.15) is 12.1 Å². The molecule has 0 aromatic heterocycles. The van der Waals surface area contributed by atoms with Crippen molar-refractivity contribution in [1.82, 2.24) is 10.6 Å². The summed E-state index contributed by atoms with van der Waals surface area (Å²) in [5.74, 6) is -1.55. The summed E-state index contributed by atoms with van der Waals surface area (Å²) >= 11 is 0. The van der Waals surface area contributed by atoms with Crippen molar-refractivity contribution in [3.63, 3.8) is 0 Å². The van der Waals surface area contributed by atoms with E-state index >= 15 is 0 Å². The van der Waals surface area contributed by atoms with Crippen LogP contribution in [0.2, 0.25) is 0 Å². The number of primary amides is 1. The van der Waals surface area contributed by atoms with E-state index < -0.39 is 42.2 Å². The van der Waals surface area contributed by atoms with Crippen molar-refractivity contribution in [3.05, 3.63) is 29.8 Å². The minimum Gasteiger partial charge on any atom is -0.399 e. The standard InChI is InChI=1S/C22H34BN3O5/c1-13(2)18(25-14(3)27)20(29)26-17(19(24)28)12-15-8-10-16(11-9-15)23-30-21(4,5)22(6,7)31-23/h8-11,13,17-18H,12H2,1-7H3,(H2,24,28)(H,25,27)(H,26,29)/t17-,18-/m1/s1. The highest BCUT2D eigenvalue weighted by Gasteiger charge is 2.51. The van der Waals surface area contributed by atoms with Gasteiger partial charge in [0, 0.05) is 13.3 Å². The third-order valence-corrected chi connectivity index (χ3v) is 5.91. The van der Waals surface area contributed by atoms with E-state index in [1.165, 1.54) is 6.92 Å². The second-order valence-corrected chi connectivity index (χ2v) is 9.42. The molecule has 1 aliphatic heterocycles. The monoisotopic (exact) mass is 431 g/mol. The number of hydrogen-bond acceptors (Lipinski definition) is 5. The second kappa shape index (κ2) is 9.40. The summed E-state index contributed by atoms with van der Waals surface area (Å²) in [6.45, 7) is 12.9. The Labute approximate surface area is 184 Å². The third kappa shape index (κ3) is 6.07. The van der Waals surface area contributed by atoms with Crippen molar-refractivity contribution in [2.75, 3.05) is 0 Å². The zero-order valence-electron chi connectivity index (χ0n) is 19.4. The molecule has 0 spiro atoms. The van der Waals surface area contributed by atoms with Gasteiger partial charge in [-0.2, -0.15) is 0 Å². The van der Waals surface area contributed by atoms with Crippen molar-refractivity contribution >= 4 is 30.3 Å². The van der Waals surface area contributed by atoms with Crippen LogP contribution in [0.4, 0.5) is 0 Å². The van der Waals surface area contributed by atoms with Crippen molar-refractivity contribution in [3.8, 4) is 0 Å². The van der Waals surface area contributed by atoms with E-state index in [0.717, 1.165) is 11.0 Å². The average Bonchev–Trinajstić information content (AvgIpc) is 2.86. The molecule has 170 valence electrons. The summed E-state index contributed by atoms with van der Waals surface area (Å²) in [7, 11) is -0.477. The van der Waals surface area contributed by atoms with Gasteiger partial charge in [0.2, 0.25) is 17.7 Å². The van der Waals surface area contributed by atoms with E-state index in [9.17, 15) is 14.4 Å². The fourth-order valence-electron chi connectivity index (χ4n) is 3.26. The summed E-state index contributed by atoms with van der Waals surface area (Å²) in [4.78, 5) is 36.0. The van der Waals surface area contributed by atoms with E-state index in [0.29, 0.717) is 0 Å². The number of carbonyl (C=O) groups excluding carboxylic acids is 3. The normalized spacial score (nSPS) is 19.0. The Morgan fingerprint density at radius 1 is 1.00 bits per heavy atom. The summed E-state index contributed by atoms with van der Waals surface area (Å²) in [5.41, 5.74) is 6.35. The van der Waals surface area contributed by atoms with E-state index in [1.807, 2.05) is 65.8 Å². The maximum Gasteiger partial charge on any atom is 0.494 e. The Morgan fingerprint density at radius 3 is 1.94 bits per heavy atom. The number of benzene rings is 1. The first-order valence-corrected chi connectivity index (χ1v) is 10.5. The van der Waals surface area contributed by atoms with Gasteiger partial charge in [0.25, 0.3) is 0 Å². The lowest BCUT2D eigenvalue weighted by molar-refractivity contribution is -0.131. The van der Waals surface area contributed by atoms with Gasteiger partial charge in [-0.3, -0.25) is 14.4 Å². The van der Waals surface area contributed by atoms with Crippen LogP contribution in [0.25, 0.3) is 0 Å². The van der Waals surface area contributed by atoms with Crippen LogP contribution in [0.5, 0.6) is 0 Å². The Hall–Kier alpha value is -2.39. The quantitative estimate of drug-likeness (QED) is 0.523. The van der Waals surface area contributed by atoms with E-state index in [4.69, 9.17) is 15.0 Å². The number of amides is 3. The van der Waals surface area contributed by atoms with Crippen LogP contribution in [-0.2, 0) is 30.1 Å². The molecule has 0 aliphatic carbocycles. The van der Waals surface area contributed by atoms with Gasteiger partial charge < -0.3 is 25.7 Å². The lowest BCUT2D eigenvalue weighted by Crippen LogP contribution is -2.55. The Balaban J connectivity index is 2.08. The van der Waals surface area contributed by atoms with Crippen LogP contribution < -0.4 is 21.8 Å². The smallest absolute Gasteiger partial charge is 0.399 e. The molecule has 9 heteroatoms. The van der Waals surface area contributed by atoms with Crippen molar-refractivity contribution in [2.45, 2.75) is 78.2 Å². The van der Waals surface area contributed by atoms with Crippen LogP contribution in [0, 0.1) is 5.92 Å². The van der Waals surface area contributed by atoms with E-state index in [1.54, 1.807) is 0 Å². The maximum atomic E-state index is 12.6. The highest BCUT2D eigenvalue weighted by atomic mass is 16.7. The lowest BCUT2D eigenvalue weighted by atomic mass is 9.78. The molecule has 8 nitrogen and oxygen atoms in total. The molecule has 4 N–H and O–H groups in total. The van der Waals surface area contributed by atoms with Crippen LogP contribution >= 0.6 is 0 Å². The van der Waals surface area contributed by atoms with Gasteiger partial charge >= 0.3 is 7.12 Å². The topological polar surface area (TPSA) is 120 Å². The van der Waals surface area contributed by atoms with Gasteiger partial charge in [0.05, 0.1) is 11.2 Å². The number of hydrogen-bond donors (Lipinski definition) is 3. The molecule has 0 saturated carbocycles. The van der Waals surface area contributed by atoms with Crippen LogP contribution in [0.1, 0.15) is 54.0 Å². The Bertz CT molecular complexity index is 807. The first-order chi connectivity index (χ1) is 14.2. The highest BCUT2D eigenvalue weighted by molar-refractivity contribution is 6.62. The second-order valence-electron chi connectivity index (χ2n) is 9.42. The van der Waals surface area contributed by atoms with Gasteiger partial charge in [0.15, 0.2) is 0 Å². The van der Waals surface area contributed by atoms with Gasteiger partial charge in [-0.05, 0) is 44.6 Å². The largest absolute Gasteiger partial charge is 0.494 e. The van der Waals surface area contributed by atoms with Crippen molar-refractivity contribution < 1.29 is 23.7 Å². The predicted octanol–water partition coefficient (Wildman–Crippen LogP) is 0.659. The maximum absolute atomic E-state index is 12.6. The molecule has 0 bridgehead atoms. The molecule has 1 heterocycles. The number of nitrogens with one attached hydrogen (secondary N) is 2. The number of nitrogens with two attached hydrogens (primary N) is 1. The first-order valence-electron chi connectivity index (χ1n) is 10.5. The molecule has 1 aromatic rings. The fraction of sp³-hybridized carbons (Fsp3) is 0.591. The lowest BCUT2D eigenvalue weighted by Gasteiger charge is -2.32. The van der Waals surface area contributed by atoms with Crippen LogP contribution in [0.15, 0.2) is 24.3 Å². The predicted molar refractivity (Wildman–Crippen MR) is 119 cm³/mol. The molecule has 1 aromatic carbocycles. The Kier molecular flexibility index (Phi) is 7.55. The highest BCUT2D eigenvalue weighted by Crippen LogP contribution is 2.36. The van der Waals surface area contributed by atoms with Gasteiger partial charge in [-0.1, -0.05) is 38.1 Å². The molecule has 0 radical (unpaired) electrons. The van der Waals surface area contributed by atoms with Gasteiger partial charge in [-0.25, -0.2) is 0 Å². The zero-order chi connectivity index (χ0) is 23.6. The molecule has 1 aliphatic rings. The van der Waals surface area contributed by atoms with Gasteiger partial charge in [-0.15, -0.1) is 0 Å². The minimum absolute atomic E-state index is 0.142. The van der Waals surface area contributed by atoms with E-state index in [2.05, 4.69) is 10.6 Å².